The molecule has 0 spiro atoms. The van der Waals surface area contributed by atoms with Gasteiger partial charge in [-0.15, -0.1) is 0 Å². The molecule has 3 heterocycles. The minimum absolute atomic E-state index is 0.0284. The van der Waals surface area contributed by atoms with Crippen molar-refractivity contribution in [2.24, 2.45) is 0 Å². The van der Waals surface area contributed by atoms with E-state index in [9.17, 15) is 71.9 Å². The van der Waals surface area contributed by atoms with E-state index in [1.54, 1.807) is 0 Å². The number of methoxy groups -OCH3 is 3. The molecule has 24 heteroatoms. The quantitative estimate of drug-likeness (QED) is 0.0323. The van der Waals surface area contributed by atoms with Crippen LogP contribution < -0.4 is 34.0 Å². The molecule has 0 amide bonds. The van der Waals surface area contributed by atoms with Gasteiger partial charge in [-0.3, -0.25) is 0 Å². The summed E-state index contributed by atoms with van der Waals surface area (Å²) in [5.74, 6) is -33.5. The van der Waals surface area contributed by atoms with Crippen molar-refractivity contribution in [2.45, 2.75) is 0 Å². The number of nitrogens with zero attached hydrogens (tertiary/aromatic N) is 1. The van der Waals surface area contributed by atoms with Crippen molar-refractivity contribution >= 4 is 56.1 Å². The number of ether oxygens (including phenoxy) is 6. The summed E-state index contributed by atoms with van der Waals surface area (Å²) in [6.07, 6.45) is 1.31. The van der Waals surface area contributed by atoms with Crippen LogP contribution in [0.1, 0.15) is 31.1 Å². The molecule has 0 aliphatic carbocycles. The first-order valence-electron chi connectivity index (χ1n) is 20.2. The van der Waals surface area contributed by atoms with Crippen molar-refractivity contribution in [3.8, 4) is 45.6 Å². The summed E-state index contributed by atoms with van der Waals surface area (Å²) in [5, 5.41) is 0.148. The maximum Gasteiger partial charge on any atom is 0.361 e. The van der Waals surface area contributed by atoms with E-state index in [2.05, 4.69) is 0 Å². The van der Waals surface area contributed by atoms with Crippen LogP contribution in [-0.2, 0) is 0 Å². The van der Waals surface area contributed by atoms with Gasteiger partial charge in [-0.2, -0.15) is 0 Å². The average Bonchev–Trinajstić information content (AvgIpc) is 3.73. The van der Waals surface area contributed by atoms with Gasteiger partial charge in [-0.1, -0.05) is 6.07 Å². The lowest BCUT2D eigenvalue weighted by Gasteiger charge is -2.14. The Morgan fingerprint density at radius 3 is 1.37 bits per heavy atom. The van der Waals surface area contributed by atoms with Gasteiger partial charge < -0.3 is 37.2 Å². The summed E-state index contributed by atoms with van der Waals surface area (Å²) in [7, 11) is 3.23. The highest BCUT2D eigenvalue weighted by molar-refractivity contribution is 6.22. The second kappa shape index (κ2) is 18.2. The molecule has 73 heavy (non-hydrogen) atoms. The van der Waals surface area contributed by atoms with Gasteiger partial charge in [-0.25, -0.2) is 71.9 Å². The first kappa shape index (κ1) is 48.8. The number of rotatable bonds is 10. The number of fused-ring (bicyclic) bond motifs is 7. The molecule has 9 rings (SSSR count). The number of esters is 3. The first-order chi connectivity index (χ1) is 34.7. The number of pyridine rings is 1. The number of hydrogen-bond acceptors (Lipinski definition) is 11. The standard InChI is InChI=1S/C49H21F12NO11/c1-67-28-9-17(4-5-26(28)70-46(63)20-10-23(50)38(56)41(59)35(20)53)33-34-19-14-30(69-3)32(73-48(65)22-12-25(52)40(58)43(61)37(22)55)15-27(19)71-49(66)45(34)62-7-6-16-8-31(29(68-2)13-18(16)44(33)62)72-47(64)21-11-24(51)39(57)42(60)36(21)54/h4-15H,1-3H3. The predicted octanol–water partition coefficient (Wildman–Crippen LogP) is 11.4. The van der Waals surface area contributed by atoms with E-state index in [0.29, 0.717) is 0 Å². The molecule has 6 aromatic carbocycles. The lowest BCUT2D eigenvalue weighted by atomic mass is 9.97. The fourth-order valence-electron chi connectivity index (χ4n) is 7.80. The van der Waals surface area contributed by atoms with Crippen molar-refractivity contribution < 1.29 is 99.9 Å². The number of hydrogen-bond donors (Lipinski definition) is 0. The summed E-state index contributed by atoms with van der Waals surface area (Å²) in [4.78, 5) is 53.5. The Kier molecular flexibility index (Phi) is 12.2. The Bertz CT molecular complexity index is 3990. The van der Waals surface area contributed by atoms with Crippen LogP contribution in [0.25, 0.3) is 49.3 Å². The fourth-order valence-corrected chi connectivity index (χ4v) is 7.80. The number of benzene rings is 6. The Labute approximate surface area is 396 Å². The smallest absolute Gasteiger partial charge is 0.361 e. The number of aromatic nitrogens is 1. The third kappa shape index (κ3) is 7.95. The number of halogens is 12. The predicted molar refractivity (Wildman–Crippen MR) is 227 cm³/mol. The SMILES string of the molecule is COc1cc(-c2c3c4cc(OC)c(OC(=O)c5cc(F)c(F)c(F)c5F)cc4oc(=O)c3n3ccc4cc(OC(=O)c5cc(F)c(F)c(F)c5F)c(OC)cc4c23)ccc1OC(=O)c1cc(F)c(F)c(F)c1F. The van der Waals surface area contributed by atoms with Gasteiger partial charge >= 0.3 is 23.5 Å². The van der Waals surface area contributed by atoms with Crippen molar-refractivity contribution in [3.05, 3.63) is 170 Å². The summed E-state index contributed by atoms with van der Waals surface area (Å²) in [6, 6.07) is 9.46. The lowest BCUT2D eigenvalue weighted by molar-refractivity contribution is 0.0713. The van der Waals surface area contributed by atoms with E-state index in [1.165, 1.54) is 34.9 Å². The van der Waals surface area contributed by atoms with Gasteiger partial charge in [0.15, 0.2) is 104 Å². The van der Waals surface area contributed by atoms with Crippen LogP contribution in [0.15, 0.2) is 82.1 Å². The van der Waals surface area contributed by atoms with Gasteiger partial charge in [0.25, 0.3) is 0 Å². The highest BCUT2D eigenvalue weighted by Crippen LogP contribution is 2.47. The molecule has 0 aliphatic heterocycles. The van der Waals surface area contributed by atoms with Crippen molar-refractivity contribution in [1.29, 1.82) is 0 Å². The largest absolute Gasteiger partial charge is 0.493 e. The molecule has 372 valence electrons. The van der Waals surface area contributed by atoms with Crippen LogP contribution in [0.4, 0.5) is 52.7 Å². The Hall–Kier alpha value is -9.22. The third-order valence-corrected chi connectivity index (χ3v) is 11.2. The zero-order valence-electron chi connectivity index (χ0n) is 36.4. The molecule has 12 nitrogen and oxygen atoms in total. The van der Waals surface area contributed by atoms with Crippen LogP contribution in [0, 0.1) is 69.8 Å². The van der Waals surface area contributed by atoms with Gasteiger partial charge in [-0.05, 0) is 65.5 Å². The average molecular weight is 1030 g/mol. The highest BCUT2D eigenvalue weighted by Gasteiger charge is 2.31. The highest BCUT2D eigenvalue weighted by atomic mass is 19.2. The zero-order valence-corrected chi connectivity index (χ0v) is 36.4. The van der Waals surface area contributed by atoms with Crippen LogP contribution in [0.3, 0.4) is 0 Å². The molecular weight excluding hydrogens is 1010 g/mol. The topological polar surface area (TPSA) is 141 Å². The van der Waals surface area contributed by atoms with E-state index >= 15 is 0 Å². The first-order valence-corrected chi connectivity index (χ1v) is 20.2. The van der Waals surface area contributed by atoms with E-state index < -0.39 is 133 Å². The molecule has 0 saturated carbocycles. The zero-order chi connectivity index (χ0) is 52.6. The minimum atomic E-state index is -2.33. The maximum absolute atomic E-state index is 14.7. The molecule has 0 aliphatic rings. The normalized spacial score (nSPS) is 11.4. The molecule has 0 fully saturated rings. The van der Waals surface area contributed by atoms with Crippen molar-refractivity contribution in [3.63, 3.8) is 0 Å². The lowest BCUT2D eigenvalue weighted by Crippen LogP contribution is -2.14. The summed E-state index contributed by atoms with van der Waals surface area (Å²) in [6.45, 7) is 0. The monoisotopic (exact) mass is 1030 g/mol. The van der Waals surface area contributed by atoms with Crippen molar-refractivity contribution in [2.75, 3.05) is 21.3 Å². The second-order valence-corrected chi connectivity index (χ2v) is 15.2. The van der Waals surface area contributed by atoms with E-state index in [4.69, 9.17) is 32.8 Å². The molecule has 0 unspecified atom stereocenters. The van der Waals surface area contributed by atoms with Gasteiger partial charge in [0.2, 0.25) is 0 Å². The molecule has 0 saturated heterocycles. The summed E-state index contributed by atoms with van der Waals surface area (Å²) in [5.41, 5.74) is -5.75. The Morgan fingerprint density at radius 1 is 0.452 bits per heavy atom. The summed E-state index contributed by atoms with van der Waals surface area (Å²) < 4.78 is 209. The molecule has 0 bridgehead atoms. The number of carbonyl (C=O) groups excluding carboxylic acids is 3. The molecule has 3 aromatic heterocycles. The Morgan fingerprint density at radius 2 is 0.890 bits per heavy atom. The molecule has 0 atom stereocenters. The van der Waals surface area contributed by atoms with Gasteiger partial charge in [0, 0.05) is 34.0 Å². The second-order valence-electron chi connectivity index (χ2n) is 15.2. The minimum Gasteiger partial charge on any atom is -0.493 e. The third-order valence-electron chi connectivity index (χ3n) is 11.2. The van der Waals surface area contributed by atoms with Crippen LogP contribution in [0.5, 0.6) is 34.5 Å². The maximum atomic E-state index is 14.7. The molecule has 0 radical (unpaired) electrons. The molecular formula is C49H21F12NO11. The van der Waals surface area contributed by atoms with Crippen LogP contribution >= 0.6 is 0 Å². The fraction of sp³-hybridized carbons (Fsp3) is 0.0612. The van der Waals surface area contributed by atoms with Crippen LogP contribution in [0.2, 0.25) is 0 Å². The van der Waals surface area contributed by atoms with E-state index in [-0.39, 0.29) is 79.2 Å². The molecule has 9 aromatic rings. The van der Waals surface area contributed by atoms with E-state index in [1.807, 2.05) is 0 Å². The summed E-state index contributed by atoms with van der Waals surface area (Å²) >= 11 is 0. The van der Waals surface area contributed by atoms with Crippen molar-refractivity contribution in [1.82, 2.24) is 4.40 Å². The van der Waals surface area contributed by atoms with Gasteiger partial charge in [0.1, 0.15) is 27.8 Å². The van der Waals surface area contributed by atoms with E-state index in [0.717, 1.165) is 45.6 Å². The Balaban J connectivity index is 1.27. The van der Waals surface area contributed by atoms with Gasteiger partial charge in [0.05, 0.1) is 26.8 Å². The number of carbonyl (C=O) groups is 3. The van der Waals surface area contributed by atoms with Crippen LogP contribution in [-0.4, -0.2) is 43.6 Å². The molecule has 0 N–H and O–H groups in total.